The molecular formula is C24H33N5O3S. The van der Waals surface area contributed by atoms with Crippen molar-refractivity contribution in [3.8, 4) is 0 Å². The fourth-order valence-corrected chi connectivity index (χ4v) is 4.42. The molecule has 0 fully saturated rings. The van der Waals surface area contributed by atoms with Gasteiger partial charge in [0.1, 0.15) is 18.1 Å². The molecule has 0 aliphatic heterocycles. The summed E-state index contributed by atoms with van der Waals surface area (Å²) < 4.78 is 7.08. The zero-order chi connectivity index (χ0) is 23.6. The van der Waals surface area contributed by atoms with Gasteiger partial charge in [-0.15, -0.1) is 16.4 Å². The highest BCUT2D eigenvalue weighted by Gasteiger charge is 2.32. The van der Waals surface area contributed by atoms with Gasteiger partial charge in [0.15, 0.2) is 0 Å². The maximum absolute atomic E-state index is 13.6. The largest absolute Gasteiger partial charge is 0.382 e. The first kappa shape index (κ1) is 24.9. The van der Waals surface area contributed by atoms with Crippen LogP contribution in [0.4, 0.5) is 0 Å². The minimum Gasteiger partial charge on any atom is -0.382 e. The van der Waals surface area contributed by atoms with E-state index < -0.39 is 6.04 Å². The van der Waals surface area contributed by atoms with Crippen LogP contribution in [0.2, 0.25) is 0 Å². The number of hydrogen-bond acceptors (Lipinski definition) is 6. The van der Waals surface area contributed by atoms with Crippen molar-refractivity contribution in [3.63, 3.8) is 0 Å². The quantitative estimate of drug-likeness (QED) is 0.384. The minimum atomic E-state index is -0.693. The fraction of sp³-hybridized carbons (Fsp3) is 0.500. The summed E-state index contributed by atoms with van der Waals surface area (Å²) in [6, 6.07) is 10.6. The summed E-state index contributed by atoms with van der Waals surface area (Å²) in [5, 5.41) is 13.3. The number of hydrogen-bond donors (Lipinski definition) is 1. The smallest absolute Gasteiger partial charge is 0.248 e. The molecule has 0 radical (unpaired) electrons. The lowest BCUT2D eigenvalue weighted by atomic mass is 10.1. The Balaban J connectivity index is 1.84. The van der Waals surface area contributed by atoms with Gasteiger partial charge < -0.3 is 15.0 Å². The van der Waals surface area contributed by atoms with Gasteiger partial charge in [0.05, 0.1) is 5.52 Å². The summed E-state index contributed by atoms with van der Waals surface area (Å²) in [5.74, 6) is 0.140. The number of carbonyl (C=O) groups is 2. The van der Waals surface area contributed by atoms with Crippen molar-refractivity contribution in [2.45, 2.75) is 46.2 Å². The Kier molecular flexibility index (Phi) is 9.38. The topological polar surface area (TPSA) is 89.3 Å². The van der Waals surface area contributed by atoms with E-state index in [1.165, 1.54) is 11.3 Å². The third-order valence-corrected chi connectivity index (χ3v) is 6.24. The summed E-state index contributed by atoms with van der Waals surface area (Å²) in [6.07, 6.45) is 1.52. The van der Waals surface area contributed by atoms with E-state index in [0.29, 0.717) is 38.6 Å². The predicted octanol–water partition coefficient (Wildman–Crippen LogP) is 3.65. The molecule has 0 bridgehead atoms. The molecule has 2 heterocycles. The van der Waals surface area contributed by atoms with Crippen molar-refractivity contribution in [2.24, 2.45) is 5.92 Å². The molecule has 1 N–H and O–H groups in total. The number of nitrogens with one attached hydrogen (secondary N) is 1. The van der Waals surface area contributed by atoms with Crippen LogP contribution in [0.5, 0.6) is 0 Å². The summed E-state index contributed by atoms with van der Waals surface area (Å²) >= 11 is 1.48. The molecule has 0 aliphatic carbocycles. The van der Waals surface area contributed by atoms with Crippen molar-refractivity contribution in [1.82, 2.24) is 25.2 Å². The molecule has 0 spiro atoms. The van der Waals surface area contributed by atoms with Crippen LogP contribution in [0.1, 0.15) is 44.5 Å². The maximum Gasteiger partial charge on any atom is 0.248 e. The molecule has 2 amide bonds. The van der Waals surface area contributed by atoms with Gasteiger partial charge in [-0.3, -0.25) is 9.59 Å². The first-order chi connectivity index (χ1) is 16.0. The van der Waals surface area contributed by atoms with E-state index >= 15 is 0 Å². The van der Waals surface area contributed by atoms with E-state index in [4.69, 9.17) is 4.74 Å². The van der Waals surface area contributed by atoms with Gasteiger partial charge in [0.25, 0.3) is 0 Å². The molecule has 3 rings (SSSR count). The molecule has 1 atom stereocenters. The van der Waals surface area contributed by atoms with Crippen LogP contribution in [-0.2, 0) is 20.9 Å². The second kappa shape index (κ2) is 12.5. The molecule has 8 nitrogen and oxygen atoms in total. The predicted molar refractivity (Wildman–Crippen MR) is 130 cm³/mol. The summed E-state index contributed by atoms with van der Waals surface area (Å²) in [4.78, 5) is 29.4. The van der Waals surface area contributed by atoms with Crippen LogP contribution < -0.4 is 5.32 Å². The number of aromatic nitrogens is 3. The van der Waals surface area contributed by atoms with Crippen molar-refractivity contribution in [2.75, 3.05) is 26.3 Å². The highest BCUT2D eigenvalue weighted by molar-refractivity contribution is 7.10. The number of fused-ring (bicyclic) bond motifs is 1. The lowest BCUT2D eigenvalue weighted by Gasteiger charge is -2.30. The van der Waals surface area contributed by atoms with Crippen LogP contribution in [0.15, 0.2) is 41.8 Å². The molecule has 3 aromatic rings. The molecule has 2 aromatic heterocycles. The minimum absolute atomic E-state index is 0.0102. The number of rotatable bonds is 13. The number of benzene rings is 1. The second-order valence-corrected chi connectivity index (χ2v) is 9.24. The van der Waals surface area contributed by atoms with Gasteiger partial charge in [-0.2, -0.15) is 0 Å². The van der Waals surface area contributed by atoms with E-state index in [-0.39, 0.29) is 18.4 Å². The van der Waals surface area contributed by atoms with Crippen LogP contribution >= 0.6 is 11.3 Å². The lowest BCUT2D eigenvalue weighted by molar-refractivity contribution is -0.141. The number of nitrogens with zero attached hydrogens (tertiary/aromatic N) is 4. The van der Waals surface area contributed by atoms with Gasteiger partial charge in [0.2, 0.25) is 11.8 Å². The number of ether oxygens (including phenoxy) is 1. The van der Waals surface area contributed by atoms with Crippen LogP contribution in [0.25, 0.3) is 11.0 Å². The summed E-state index contributed by atoms with van der Waals surface area (Å²) in [5.41, 5.74) is 1.52. The Labute approximate surface area is 198 Å². The second-order valence-electron chi connectivity index (χ2n) is 8.26. The highest BCUT2D eigenvalue weighted by Crippen LogP contribution is 2.27. The Bertz CT molecular complexity index is 1020. The van der Waals surface area contributed by atoms with Crippen LogP contribution in [-0.4, -0.2) is 58.0 Å². The van der Waals surface area contributed by atoms with E-state index in [2.05, 4.69) is 29.5 Å². The lowest BCUT2D eigenvalue weighted by Crippen LogP contribution is -2.45. The Hall–Kier alpha value is -2.78. The zero-order valence-electron chi connectivity index (χ0n) is 19.6. The van der Waals surface area contributed by atoms with Crippen molar-refractivity contribution >= 4 is 34.2 Å². The van der Waals surface area contributed by atoms with E-state index in [1.54, 1.807) is 9.58 Å². The molecule has 0 aliphatic rings. The van der Waals surface area contributed by atoms with Gasteiger partial charge in [-0.1, -0.05) is 37.3 Å². The fourth-order valence-electron chi connectivity index (χ4n) is 3.58. The average molecular weight is 472 g/mol. The molecule has 1 unspecified atom stereocenters. The van der Waals surface area contributed by atoms with Crippen LogP contribution in [0.3, 0.4) is 0 Å². The van der Waals surface area contributed by atoms with Crippen molar-refractivity contribution in [3.05, 3.63) is 46.7 Å². The standard InChI is InChI=1S/C24H33N5O3S/c1-4-32-15-8-14-28(22(30)17-29-20-10-6-5-9-19(20)26-27-29)23(21-11-7-16-33-21)24(31)25-13-12-18(2)3/h5-7,9-11,16,18,23H,4,8,12-15,17H2,1-3H3,(H,25,31). The third-order valence-electron chi connectivity index (χ3n) is 5.31. The summed E-state index contributed by atoms with van der Waals surface area (Å²) in [7, 11) is 0. The van der Waals surface area contributed by atoms with Gasteiger partial charge in [-0.25, -0.2) is 4.68 Å². The number of thiophene rings is 1. The number of amides is 2. The normalized spacial score (nSPS) is 12.2. The van der Waals surface area contributed by atoms with Gasteiger partial charge in [-0.05, 0) is 49.3 Å². The first-order valence-electron chi connectivity index (χ1n) is 11.5. The molecule has 1 aromatic carbocycles. The Morgan fingerprint density at radius 3 is 2.76 bits per heavy atom. The van der Waals surface area contributed by atoms with E-state index in [0.717, 1.165) is 22.3 Å². The third kappa shape index (κ3) is 6.85. The monoisotopic (exact) mass is 471 g/mol. The molecule has 9 heteroatoms. The van der Waals surface area contributed by atoms with Crippen molar-refractivity contribution in [1.29, 1.82) is 0 Å². The molecule has 0 saturated heterocycles. The summed E-state index contributed by atoms with van der Waals surface area (Å²) in [6.45, 7) is 8.32. The van der Waals surface area contributed by atoms with Crippen LogP contribution in [0, 0.1) is 5.92 Å². The zero-order valence-corrected chi connectivity index (χ0v) is 20.4. The molecule has 33 heavy (non-hydrogen) atoms. The maximum atomic E-state index is 13.6. The number of carbonyl (C=O) groups excluding carboxylic acids is 2. The highest BCUT2D eigenvalue weighted by atomic mass is 32.1. The number of para-hydroxylation sites is 1. The molecule has 0 saturated carbocycles. The van der Waals surface area contributed by atoms with E-state index in [9.17, 15) is 9.59 Å². The van der Waals surface area contributed by atoms with E-state index in [1.807, 2.05) is 48.7 Å². The Morgan fingerprint density at radius 1 is 1.21 bits per heavy atom. The Morgan fingerprint density at radius 2 is 2.03 bits per heavy atom. The van der Waals surface area contributed by atoms with Crippen molar-refractivity contribution < 1.29 is 14.3 Å². The SMILES string of the molecule is CCOCCCN(C(=O)Cn1nnc2ccccc21)C(C(=O)NCCC(C)C)c1cccs1. The van der Waals surface area contributed by atoms with Gasteiger partial charge >= 0.3 is 0 Å². The average Bonchev–Trinajstić information content (AvgIpc) is 3.46. The van der Waals surface area contributed by atoms with Gasteiger partial charge in [0, 0.05) is 31.2 Å². The first-order valence-corrected chi connectivity index (χ1v) is 12.4. The molecule has 178 valence electrons. The molecular weight excluding hydrogens is 438 g/mol.